The monoisotopic (exact) mass is 271 g/mol. The first-order chi connectivity index (χ1) is 8.20. The van der Waals surface area contributed by atoms with Crippen molar-refractivity contribution in [3.05, 3.63) is 34.9 Å². The number of ether oxygens (including phenoxy) is 1. The second-order valence-corrected chi connectivity index (χ2v) is 5.27. The topological polar surface area (TPSA) is 38.3 Å². The predicted octanol–water partition coefficient (Wildman–Crippen LogP) is 2.61. The summed E-state index contributed by atoms with van der Waals surface area (Å²) in [6, 6.07) is 7.32. The normalized spacial score (nSPS) is 23.8. The molecule has 0 aliphatic carbocycles. The smallest absolute Gasteiger partial charge is 0.251 e. The highest BCUT2D eigenvalue weighted by Crippen LogP contribution is 2.25. The van der Waals surface area contributed by atoms with Crippen LogP contribution in [0, 0.1) is 0 Å². The van der Waals surface area contributed by atoms with Crippen molar-refractivity contribution >= 4 is 29.3 Å². The van der Waals surface area contributed by atoms with Crippen LogP contribution < -0.4 is 5.32 Å². The van der Waals surface area contributed by atoms with Crippen molar-refractivity contribution in [2.45, 2.75) is 18.8 Å². The van der Waals surface area contributed by atoms with Gasteiger partial charge in [-0.25, -0.2) is 0 Å². The van der Waals surface area contributed by atoms with Gasteiger partial charge in [-0.15, -0.1) is 0 Å². The van der Waals surface area contributed by atoms with Crippen LogP contribution in [-0.4, -0.2) is 24.0 Å². The zero-order valence-electron chi connectivity index (χ0n) is 9.48. The third-order valence-electron chi connectivity index (χ3n) is 2.62. The van der Waals surface area contributed by atoms with E-state index in [1.165, 1.54) is 0 Å². The maximum atomic E-state index is 11.7. The van der Waals surface area contributed by atoms with Crippen LogP contribution >= 0.6 is 23.4 Å². The molecule has 1 N–H and O–H groups in total. The number of amides is 1. The summed E-state index contributed by atoms with van der Waals surface area (Å²) in [5.74, 6) is 0.893. The van der Waals surface area contributed by atoms with E-state index in [1.54, 1.807) is 23.9 Å². The van der Waals surface area contributed by atoms with Gasteiger partial charge in [-0.2, -0.15) is 11.8 Å². The van der Waals surface area contributed by atoms with Crippen molar-refractivity contribution in [2.75, 3.05) is 12.0 Å². The molecule has 0 aromatic heterocycles. The number of thioether (sulfide) groups is 1. The van der Waals surface area contributed by atoms with Gasteiger partial charge in [0.2, 0.25) is 0 Å². The van der Waals surface area contributed by atoms with Crippen LogP contribution in [0.15, 0.2) is 24.3 Å². The van der Waals surface area contributed by atoms with Gasteiger partial charge < -0.3 is 10.1 Å². The Labute approximate surface area is 110 Å². The summed E-state index contributed by atoms with van der Waals surface area (Å²) in [6.07, 6.45) is 2.09. The molecule has 1 fully saturated rings. The minimum absolute atomic E-state index is 0.0287. The maximum absolute atomic E-state index is 11.7. The lowest BCUT2D eigenvalue weighted by atomic mass is 10.2. The average molecular weight is 272 g/mol. The second kappa shape index (κ2) is 5.76. The number of hydrogen-bond acceptors (Lipinski definition) is 3. The Morgan fingerprint density at radius 1 is 1.41 bits per heavy atom. The molecule has 0 spiro atoms. The van der Waals surface area contributed by atoms with Crippen molar-refractivity contribution in [1.82, 2.24) is 5.32 Å². The largest absolute Gasteiger partial charge is 0.341 e. The molecule has 0 radical (unpaired) electrons. The van der Waals surface area contributed by atoms with Gasteiger partial charge in [0, 0.05) is 10.6 Å². The van der Waals surface area contributed by atoms with Gasteiger partial charge in [0.05, 0.1) is 0 Å². The Morgan fingerprint density at radius 2 is 2.12 bits per heavy atom. The van der Waals surface area contributed by atoms with E-state index in [2.05, 4.69) is 5.32 Å². The Balaban J connectivity index is 2.00. The minimum Gasteiger partial charge on any atom is -0.341 e. The van der Waals surface area contributed by atoms with Gasteiger partial charge >= 0.3 is 0 Å². The van der Waals surface area contributed by atoms with Crippen molar-refractivity contribution in [3.63, 3.8) is 0 Å². The van der Waals surface area contributed by atoms with Crippen LogP contribution in [0.3, 0.4) is 0 Å². The molecule has 1 aliphatic heterocycles. The highest BCUT2D eigenvalue weighted by atomic mass is 35.5. The van der Waals surface area contributed by atoms with Gasteiger partial charge in [0.25, 0.3) is 5.91 Å². The predicted molar refractivity (Wildman–Crippen MR) is 70.2 cm³/mol. The van der Waals surface area contributed by atoms with E-state index in [4.69, 9.17) is 16.3 Å². The summed E-state index contributed by atoms with van der Waals surface area (Å²) in [5.41, 5.74) is 0.925. The quantitative estimate of drug-likeness (QED) is 0.915. The summed E-state index contributed by atoms with van der Waals surface area (Å²) in [6.45, 7) is 0. The molecule has 1 aromatic rings. The van der Waals surface area contributed by atoms with Gasteiger partial charge in [-0.3, -0.25) is 4.79 Å². The molecule has 2 atom stereocenters. The zero-order valence-corrected chi connectivity index (χ0v) is 11.1. The van der Waals surface area contributed by atoms with E-state index >= 15 is 0 Å². The van der Waals surface area contributed by atoms with Crippen LogP contribution in [0.4, 0.5) is 0 Å². The summed E-state index contributed by atoms with van der Waals surface area (Å²) >= 11 is 7.53. The van der Waals surface area contributed by atoms with Gasteiger partial charge in [-0.1, -0.05) is 23.7 Å². The molecule has 1 aliphatic rings. The van der Waals surface area contributed by atoms with Crippen molar-refractivity contribution in [2.24, 2.45) is 0 Å². The summed E-state index contributed by atoms with van der Waals surface area (Å²) in [4.78, 5) is 11.7. The highest BCUT2D eigenvalue weighted by molar-refractivity contribution is 7.98. The highest BCUT2D eigenvalue weighted by Gasteiger charge is 2.32. The van der Waals surface area contributed by atoms with E-state index in [0.29, 0.717) is 5.02 Å². The molecule has 17 heavy (non-hydrogen) atoms. The summed E-state index contributed by atoms with van der Waals surface area (Å²) in [7, 11) is 0. The van der Waals surface area contributed by atoms with Crippen molar-refractivity contribution in [3.8, 4) is 0 Å². The van der Waals surface area contributed by atoms with Gasteiger partial charge in [-0.05, 0) is 30.6 Å². The standard InChI is InChI=1S/C12H14ClNO2S/c1-17-7-6-10-11(15)14-12(16-10)8-2-4-9(13)5-3-8/h2-5,10,12H,6-7H2,1H3,(H,14,15). The molecule has 2 unspecified atom stereocenters. The molecule has 0 bridgehead atoms. The SMILES string of the molecule is CSCCC1OC(c2ccc(Cl)cc2)NC1=O. The summed E-state index contributed by atoms with van der Waals surface area (Å²) in [5, 5.41) is 3.51. The van der Waals surface area contributed by atoms with E-state index < -0.39 is 0 Å². The van der Waals surface area contributed by atoms with Gasteiger partial charge in [0.15, 0.2) is 6.23 Å². The fraction of sp³-hybridized carbons (Fsp3) is 0.417. The van der Waals surface area contributed by atoms with E-state index in [1.807, 2.05) is 18.4 Å². The van der Waals surface area contributed by atoms with Crippen LogP contribution in [0.25, 0.3) is 0 Å². The Hall–Kier alpha value is -0.710. The zero-order chi connectivity index (χ0) is 12.3. The molecule has 1 saturated heterocycles. The molecular formula is C12H14ClNO2S. The first kappa shape index (κ1) is 12.7. The molecule has 5 heteroatoms. The van der Waals surface area contributed by atoms with Crippen LogP contribution in [0.2, 0.25) is 5.02 Å². The molecule has 3 nitrogen and oxygen atoms in total. The lowest BCUT2D eigenvalue weighted by Crippen LogP contribution is -2.24. The minimum atomic E-state index is -0.341. The first-order valence-electron chi connectivity index (χ1n) is 5.41. The lowest BCUT2D eigenvalue weighted by Gasteiger charge is -2.11. The fourth-order valence-corrected chi connectivity index (χ4v) is 2.28. The molecule has 1 heterocycles. The second-order valence-electron chi connectivity index (χ2n) is 3.85. The number of carbonyl (C=O) groups is 1. The average Bonchev–Trinajstić information content (AvgIpc) is 2.69. The van der Waals surface area contributed by atoms with Crippen LogP contribution in [0.5, 0.6) is 0 Å². The molecule has 1 aromatic carbocycles. The number of rotatable bonds is 4. The number of nitrogens with one attached hydrogen (secondary N) is 1. The fourth-order valence-electron chi connectivity index (χ4n) is 1.71. The van der Waals surface area contributed by atoms with Crippen molar-refractivity contribution < 1.29 is 9.53 Å². The van der Waals surface area contributed by atoms with Crippen LogP contribution in [0.1, 0.15) is 18.2 Å². The Bertz CT molecular complexity index is 396. The molecule has 2 rings (SSSR count). The maximum Gasteiger partial charge on any atom is 0.251 e. The lowest BCUT2D eigenvalue weighted by molar-refractivity contribution is -0.123. The number of carbonyl (C=O) groups excluding carboxylic acids is 1. The molecule has 92 valence electrons. The summed E-state index contributed by atoms with van der Waals surface area (Å²) < 4.78 is 5.68. The van der Waals surface area contributed by atoms with E-state index in [-0.39, 0.29) is 18.2 Å². The molecular weight excluding hydrogens is 258 g/mol. The Morgan fingerprint density at radius 3 is 2.76 bits per heavy atom. The first-order valence-corrected chi connectivity index (χ1v) is 7.18. The van der Waals surface area contributed by atoms with Crippen molar-refractivity contribution in [1.29, 1.82) is 0 Å². The van der Waals surface area contributed by atoms with E-state index in [0.717, 1.165) is 17.7 Å². The van der Waals surface area contributed by atoms with E-state index in [9.17, 15) is 4.79 Å². The van der Waals surface area contributed by atoms with Crippen LogP contribution in [-0.2, 0) is 9.53 Å². The number of hydrogen-bond donors (Lipinski definition) is 1. The third-order valence-corrected chi connectivity index (χ3v) is 3.52. The van der Waals surface area contributed by atoms with Gasteiger partial charge in [0.1, 0.15) is 6.10 Å². The molecule has 0 saturated carbocycles. The number of benzene rings is 1. The third kappa shape index (κ3) is 3.15. The Kier molecular flexibility index (Phi) is 4.31. The molecule has 1 amide bonds. The number of halogens is 1.